The average molecular weight is 569 g/mol. The van der Waals surface area contributed by atoms with Crippen molar-refractivity contribution in [3.63, 3.8) is 0 Å². The third kappa shape index (κ3) is 6.63. The lowest BCUT2D eigenvalue weighted by Crippen LogP contribution is -2.59. The van der Waals surface area contributed by atoms with Crippen molar-refractivity contribution in [2.45, 2.75) is 103 Å². The van der Waals surface area contributed by atoms with E-state index in [0.717, 1.165) is 50.6 Å². The average Bonchev–Trinajstić information content (AvgIpc) is 3.53. The number of carbonyl (C=O) groups is 3. The number of halogens is 1. The zero-order valence-corrected chi connectivity index (χ0v) is 25.4. The molecule has 2 saturated carbocycles. The Bertz CT molecular complexity index is 1100. The number of hydrogen-bond acceptors (Lipinski definition) is 4. The van der Waals surface area contributed by atoms with Gasteiger partial charge in [-0.25, -0.2) is 4.39 Å². The van der Waals surface area contributed by atoms with E-state index in [9.17, 15) is 18.8 Å². The van der Waals surface area contributed by atoms with E-state index in [0.29, 0.717) is 44.2 Å². The first kappa shape index (κ1) is 30.0. The molecule has 8 heteroatoms. The smallest absolute Gasteiger partial charge is 0.245 e. The minimum Gasteiger partial charge on any atom is -0.351 e. The van der Waals surface area contributed by atoms with Crippen LogP contribution in [0.1, 0.15) is 84.1 Å². The van der Waals surface area contributed by atoms with Gasteiger partial charge in [0.25, 0.3) is 0 Å². The standard InChI is InChI=1S/C33H49FN4O3/c1-32(2,3)36-31(41)33(24-8-6-5-7-9-24)14-16-38(17-15-33)30(40)27(19-22-10-12-25(34)13-11-22)35-29(39)26-18-23-20-28(26)37(4)21-23/h10-13,23-24,26-28H,5-9,14-21H2,1-4H3,(H,35,39)(H,36,41)/t23-,26-,27-,28-/m1/s1. The Balaban J connectivity index is 1.31. The Hall–Kier alpha value is -2.48. The molecule has 3 amide bonds. The van der Waals surface area contributed by atoms with Crippen molar-refractivity contribution in [1.29, 1.82) is 0 Å². The highest BCUT2D eigenvalue weighted by Gasteiger charge is 2.50. The number of rotatable bonds is 7. The number of carbonyl (C=O) groups excluding carboxylic acids is 3. The number of nitrogens with one attached hydrogen (secondary N) is 2. The number of piperidine rings is 2. The highest BCUT2D eigenvalue weighted by molar-refractivity contribution is 5.90. The van der Waals surface area contributed by atoms with E-state index in [1.807, 2.05) is 25.7 Å². The predicted octanol–water partition coefficient (Wildman–Crippen LogP) is 4.30. The second-order valence-corrected chi connectivity index (χ2v) is 14.4. The van der Waals surface area contributed by atoms with Crippen LogP contribution in [-0.2, 0) is 20.8 Å². The molecule has 226 valence electrons. The molecule has 0 spiro atoms. The monoisotopic (exact) mass is 568 g/mol. The third-order valence-electron chi connectivity index (χ3n) is 10.3. The second-order valence-electron chi connectivity index (χ2n) is 14.4. The summed E-state index contributed by atoms with van der Waals surface area (Å²) < 4.78 is 13.6. The van der Waals surface area contributed by atoms with Gasteiger partial charge in [-0.05, 0) is 95.9 Å². The van der Waals surface area contributed by atoms with Crippen molar-refractivity contribution in [1.82, 2.24) is 20.4 Å². The topological polar surface area (TPSA) is 81.8 Å². The van der Waals surface area contributed by atoms with Crippen LogP contribution in [0.4, 0.5) is 4.39 Å². The van der Waals surface area contributed by atoms with Crippen molar-refractivity contribution in [2.75, 3.05) is 26.7 Å². The Morgan fingerprint density at radius 2 is 1.68 bits per heavy atom. The second kappa shape index (κ2) is 12.0. The van der Waals surface area contributed by atoms with E-state index in [4.69, 9.17) is 0 Å². The molecular weight excluding hydrogens is 519 g/mol. The molecule has 0 aromatic heterocycles. The van der Waals surface area contributed by atoms with Crippen LogP contribution < -0.4 is 10.6 Å². The molecule has 2 saturated heterocycles. The van der Waals surface area contributed by atoms with Crippen molar-refractivity contribution >= 4 is 17.7 Å². The predicted molar refractivity (Wildman–Crippen MR) is 157 cm³/mol. The van der Waals surface area contributed by atoms with Crippen molar-refractivity contribution < 1.29 is 18.8 Å². The molecule has 2 aliphatic heterocycles. The van der Waals surface area contributed by atoms with Crippen LogP contribution in [0.15, 0.2) is 24.3 Å². The summed E-state index contributed by atoms with van der Waals surface area (Å²) in [6.07, 6.45) is 9.16. The SMILES string of the molecule is CN1C[C@H]2C[C@@H]1[C@H](C(=O)N[C@H](Cc1ccc(F)cc1)C(=O)N1CCC(C(=O)NC(C)(C)C)(C3CCCCC3)CC1)C2. The van der Waals surface area contributed by atoms with Crippen molar-refractivity contribution in [3.05, 3.63) is 35.6 Å². The third-order valence-corrected chi connectivity index (χ3v) is 10.3. The van der Waals surface area contributed by atoms with Crippen LogP contribution in [0.5, 0.6) is 0 Å². The van der Waals surface area contributed by atoms with E-state index in [-0.39, 0.29) is 41.0 Å². The van der Waals surface area contributed by atoms with Gasteiger partial charge in [0.2, 0.25) is 17.7 Å². The minimum atomic E-state index is -0.719. The summed E-state index contributed by atoms with van der Waals surface area (Å²) in [4.78, 5) is 45.5. The van der Waals surface area contributed by atoms with E-state index in [1.54, 1.807) is 12.1 Å². The molecule has 7 nitrogen and oxygen atoms in total. The summed E-state index contributed by atoms with van der Waals surface area (Å²) in [7, 11) is 2.08. The molecule has 4 atom stereocenters. The quantitative estimate of drug-likeness (QED) is 0.514. The number of benzene rings is 1. The minimum absolute atomic E-state index is 0.0531. The fraction of sp³-hybridized carbons (Fsp3) is 0.727. The highest BCUT2D eigenvalue weighted by atomic mass is 19.1. The van der Waals surface area contributed by atoms with Gasteiger partial charge >= 0.3 is 0 Å². The van der Waals surface area contributed by atoms with E-state index in [1.165, 1.54) is 18.6 Å². The molecular formula is C33H49FN4O3. The Morgan fingerprint density at radius 1 is 1.02 bits per heavy atom. The molecule has 2 N–H and O–H groups in total. The first-order valence-electron chi connectivity index (χ1n) is 15.8. The molecule has 4 aliphatic rings. The molecule has 41 heavy (non-hydrogen) atoms. The lowest BCUT2D eigenvalue weighted by molar-refractivity contribution is -0.147. The summed E-state index contributed by atoms with van der Waals surface area (Å²) in [5.41, 5.74) is 0.0333. The van der Waals surface area contributed by atoms with Gasteiger partial charge in [0, 0.05) is 37.6 Å². The number of nitrogens with zero attached hydrogens (tertiary/aromatic N) is 2. The summed E-state index contributed by atoms with van der Waals surface area (Å²) >= 11 is 0. The maximum atomic E-state index is 14.1. The number of hydrogen-bond donors (Lipinski definition) is 2. The maximum Gasteiger partial charge on any atom is 0.245 e. The fourth-order valence-electron chi connectivity index (χ4n) is 8.20. The van der Waals surface area contributed by atoms with Crippen molar-refractivity contribution in [2.24, 2.45) is 23.2 Å². The van der Waals surface area contributed by atoms with E-state index < -0.39 is 11.5 Å². The van der Waals surface area contributed by atoms with Crippen LogP contribution in [0, 0.1) is 29.0 Å². The molecule has 2 aliphatic carbocycles. The van der Waals surface area contributed by atoms with Crippen LogP contribution in [0.2, 0.25) is 0 Å². The van der Waals surface area contributed by atoms with E-state index in [2.05, 4.69) is 22.6 Å². The number of fused-ring (bicyclic) bond motifs is 2. The molecule has 2 heterocycles. The summed E-state index contributed by atoms with van der Waals surface area (Å²) in [6.45, 7) is 8.10. The van der Waals surface area contributed by atoms with E-state index >= 15 is 0 Å². The number of amides is 3. The molecule has 4 fully saturated rings. The van der Waals surface area contributed by atoms with Gasteiger partial charge in [-0.3, -0.25) is 14.4 Å². The molecule has 0 radical (unpaired) electrons. The molecule has 1 aromatic rings. The van der Waals surface area contributed by atoms with Gasteiger partial charge < -0.3 is 20.4 Å². The fourth-order valence-corrected chi connectivity index (χ4v) is 8.20. The largest absolute Gasteiger partial charge is 0.351 e. The Morgan fingerprint density at radius 3 is 2.27 bits per heavy atom. The van der Waals surface area contributed by atoms with Gasteiger partial charge in [-0.1, -0.05) is 31.4 Å². The molecule has 0 unspecified atom stereocenters. The van der Waals surface area contributed by atoms with Crippen molar-refractivity contribution in [3.8, 4) is 0 Å². The van der Waals surface area contributed by atoms with Gasteiger partial charge in [0.05, 0.1) is 11.3 Å². The lowest BCUT2D eigenvalue weighted by Gasteiger charge is -2.48. The van der Waals surface area contributed by atoms with Gasteiger partial charge in [0.15, 0.2) is 0 Å². The highest BCUT2D eigenvalue weighted by Crippen LogP contribution is 2.46. The first-order chi connectivity index (χ1) is 19.4. The van der Waals surface area contributed by atoms with Crippen LogP contribution in [0.25, 0.3) is 0 Å². The Labute approximate surface area is 245 Å². The zero-order chi connectivity index (χ0) is 29.4. The summed E-state index contributed by atoms with van der Waals surface area (Å²) in [5.74, 6) is 0.412. The maximum absolute atomic E-state index is 14.1. The summed E-state index contributed by atoms with van der Waals surface area (Å²) in [6, 6.07) is 5.69. The van der Waals surface area contributed by atoms with Gasteiger partial charge in [-0.15, -0.1) is 0 Å². The summed E-state index contributed by atoms with van der Waals surface area (Å²) in [5, 5.41) is 6.40. The lowest BCUT2D eigenvalue weighted by atomic mass is 9.63. The number of likely N-dealkylation sites (tertiary alicyclic amines) is 2. The normalized spacial score (nSPS) is 27.4. The Kier molecular flexibility index (Phi) is 8.79. The zero-order valence-electron chi connectivity index (χ0n) is 25.4. The molecule has 5 rings (SSSR count). The molecule has 2 bridgehead atoms. The first-order valence-corrected chi connectivity index (χ1v) is 15.8. The van der Waals surface area contributed by atoms with Crippen LogP contribution in [0.3, 0.4) is 0 Å². The van der Waals surface area contributed by atoms with Gasteiger partial charge in [-0.2, -0.15) is 0 Å². The van der Waals surface area contributed by atoms with Crippen LogP contribution in [-0.4, -0.2) is 71.8 Å². The van der Waals surface area contributed by atoms with Crippen LogP contribution >= 0.6 is 0 Å². The molecule has 1 aromatic carbocycles. The van der Waals surface area contributed by atoms with Gasteiger partial charge in [0.1, 0.15) is 11.9 Å².